The fraction of sp³-hybridized carbons (Fsp3) is 0.733. The van der Waals surface area contributed by atoms with Gasteiger partial charge in [0.2, 0.25) is 0 Å². The minimum atomic E-state index is -0.764. The summed E-state index contributed by atoms with van der Waals surface area (Å²) in [5, 5.41) is 21.7. The van der Waals surface area contributed by atoms with Gasteiger partial charge in [-0.25, -0.2) is 9.98 Å². The molecule has 0 saturated heterocycles. The van der Waals surface area contributed by atoms with E-state index >= 15 is 0 Å². The highest BCUT2D eigenvalue weighted by Gasteiger charge is 2.39. The lowest BCUT2D eigenvalue weighted by Crippen LogP contribution is -2.24. The lowest BCUT2D eigenvalue weighted by Gasteiger charge is -2.31. The van der Waals surface area contributed by atoms with Crippen LogP contribution in [0.15, 0.2) is 17.5 Å². The first-order chi connectivity index (χ1) is 10.2. The van der Waals surface area contributed by atoms with E-state index in [0.29, 0.717) is 11.8 Å². The molecule has 0 spiro atoms. The van der Waals surface area contributed by atoms with Gasteiger partial charge in [0.15, 0.2) is 5.82 Å². The molecule has 2 atom stereocenters. The minimum absolute atomic E-state index is 0.126. The van der Waals surface area contributed by atoms with Crippen molar-refractivity contribution in [3.05, 3.63) is 12.5 Å². The molecular formula is C15H23N3O2S. The molecule has 3 aliphatic rings. The molecule has 1 aromatic heterocycles. The van der Waals surface area contributed by atoms with Gasteiger partial charge >= 0.3 is 0 Å². The van der Waals surface area contributed by atoms with E-state index in [0.717, 1.165) is 37.9 Å². The summed E-state index contributed by atoms with van der Waals surface area (Å²) in [6, 6.07) is 0. The largest absolute Gasteiger partial charge is 0.393 e. The second kappa shape index (κ2) is 5.41. The normalized spacial score (nSPS) is 35.3. The van der Waals surface area contributed by atoms with Crippen molar-refractivity contribution in [1.82, 2.24) is 8.96 Å². The number of fused-ring (bicyclic) bond motifs is 1. The third-order valence-electron chi connectivity index (χ3n) is 4.88. The van der Waals surface area contributed by atoms with Crippen LogP contribution in [-0.4, -0.2) is 35.8 Å². The molecule has 5 nitrogen and oxygen atoms in total. The lowest BCUT2D eigenvalue weighted by molar-refractivity contribution is 0.0962. The van der Waals surface area contributed by atoms with E-state index in [1.165, 1.54) is 17.9 Å². The van der Waals surface area contributed by atoms with E-state index in [1.54, 1.807) is 6.20 Å². The number of aliphatic hydroxyl groups excluding tert-OH is 2. The van der Waals surface area contributed by atoms with Gasteiger partial charge in [0, 0.05) is 5.92 Å². The third kappa shape index (κ3) is 2.64. The maximum Gasteiger partial charge on any atom is 0.162 e. The Labute approximate surface area is 127 Å². The molecule has 2 unspecified atom stereocenters. The average molecular weight is 309 g/mol. The van der Waals surface area contributed by atoms with Crippen LogP contribution < -0.4 is 0 Å². The number of aliphatic hydroxyl groups is 2. The average Bonchev–Trinajstić information content (AvgIpc) is 3.10. The molecule has 116 valence electrons. The van der Waals surface area contributed by atoms with E-state index in [9.17, 15) is 10.2 Å². The Morgan fingerprint density at radius 1 is 1.24 bits per heavy atom. The van der Waals surface area contributed by atoms with Crippen LogP contribution in [0.4, 0.5) is 5.82 Å². The SMILES string of the molecule is OC1CCC(CC(O)[SH]2C(C3CC3)=Nc3cncn32)CC1. The second-order valence-electron chi connectivity index (χ2n) is 6.58. The Kier molecular flexibility index (Phi) is 3.55. The zero-order valence-electron chi connectivity index (χ0n) is 12.1. The summed E-state index contributed by atoms with van der Waals surface area (Å²) in [6.07, 6.45) is 10.6. The van der Waals surface area contributed by atoms with Gasteiger partial charge in [-0.3, -0.25) is 3.97 Å². The molecule has 2 fully saturated rings. The fourth-order valence-electron chi connectivity index (χ4n) is 3.50. The van der Waals surface area contributed by atoms with E-state index in [1.807, 2.05) is 6.33 Å². The number of aromatic nitrogens is 2. The summed E-state index contributed by atoms with van der Waals surface area (Å²) in [7, 11) is 0. The van der Waals surface area contributed by atoms with Crippen molar-refractivity contribution in [2.75, 3.05) is 0 Å². The maximum atomic E-state index is 10.8. The standard InChI is InChI=1S/C15H23N3O2S/c19-12-5-1-10(2-6-12)7-14(20)21-15(11-3-4-11)17-13-8-16-9-18(13)21/h8-12,14,19-21H,1-7H2. The Bertz CT molecular complexity index is 547. The highest BCUT2D eigenvalue weighted by Crippen LogP contribution is 2.53. The highest BCUT2D eigenvalue weighted by molar-refractivity contribution is 8.29. The van der Waals surface area contributed by atoms with Gasteiger partial charge in [0.1, 0.15) is 11.8 Å². The Morgan fingerprint density at radius 2 is 2.00 bits per heavy atom. The van der Waals surface area contributed by atoms with Gasteiger partial charge in [-0.2, -0.15) is 0 Å². The monoisotopic (exact) mass is 309 g/mol. The number of hydrogen-bond donors (Lipinski definition) is 3. The summed E-state index contributed by atoms with van der Waals surface area (Å²) in [4.78, 5) is 8.90. The van der Waals surface area contributed by atoms with Gasteiger partial charge in [0.05, 0.1) is 17.3 Å². The van der Waals surface area contributed by atoms with E-state index < -0.39 is 11.1 Å². The molecule has 0 amide bonds. The van der Waals surface area contributed by atoms with E-state index in [4.69, 9.17) is 4.99 Å². The number of hydrogen-bond acceptors (Lipinski definition) is 4. The zero-order chi connectivity index (χ0) is 14.4. The molecule has 6 heteroatoms. The Morgan fingerprint density at radius 3 is 2.71 bits per heavy atom. The molecule has 1 aromatic rings. The molecule has 4 rings (SSSR count). The summed E-state index contributed by atoms with van der Waals surface area (Å²) in [5.74, 6) is 2.05. The van der Waals surface area contributed by atoms with Crippen LogP contribution in [0.25, 0.3) is 0 Å². The van der Waals surface area contributed by atoms with Gasteiger partial charge in [0.25, 0.3) is 0 Å². The van der Waals surface area contributed by atoms with Crippen LogP contribution in [0.5, 0.6) is 0 Å². The summed E-state index contributed by atoms with van der Waals surface area (Å²) < 4.78 is 2.10. The lowest BCUT2D eigenvalue weighted by atomic mass is 9.85. The fourth-order valence-corrected chi connectivity index (χ4v) is 6.14. The van der Waals surface area contributed by atoms with Crippen LogP contribution in [0.1, 0.15) is 44.9 Å². The molecule has 1 aliphatic heterocycles. The van der Waals surface area contributed by atoms with Crippen molar-refractivity contribution in [2.24, 2.45) is 16.8 Å². The maximum absolute atomic E-state index is 10.8. The van der Waals surface area contributed by atoms with Crippen LogP contribution >= 0.6 is 11.1 Å². The van der Waals surface area contributed by atoms with Crippen molar-refractivity contribution < 1.29 is 10.2 Å². The first-order valence-corrected chi connectivity index (χ1v) is 9.35. The number of nitrogens with zero attached hydrogens (tertiary/aromatic N) is 3. The number of aliphatic imine (C=N–C) groups is 1. The van der Waals surface area contributed by atoms with Crippen LogP contribution in [0.2, 0.25) is 0 Å². The Hall–Kier alpha value is -0.850. The Balaban J connectivity index is 1.48. The number of rotatable bonds is 4. The number of thiol groups is 1. The molecule has 0 aromatic carbocycles. The molecule has 2 heterocycles. The summed E-state index contributed by atoms with van der Waals surface area (Å²) in [6.45, 7) is 0. The van der Waals surface area contributed by atoms with Crippen LogP contribution in [0.3, 0.4) is 0 Å². The molecule has 0 bridgehead atoms. The van der Waals surface area contributed by atoms with Gasteiger partial charge in [-0.05, 0) is 50.9 Å². The molecular weight excluding hydrogens is 286 g/mol. The van der Waals surface area contributed by atoms with E-state index in [-0.39, 0.29) is 11.5 Å². The molecule has 0 radical (unpaired) electrons. The van der Waals surface area contributed by atoms with Crippen molar-refractivity contribution >= 4 is 21.9 Å². The van der Waals surface area contributed by atoms with Gasteiger partial charge in [-0.1, -0.05) is 0 Å². The van der Waals surface area contributed by atoms with E-state index in [2.05, 4.69) is 8.96 Å². The summed E-state index contributed by atoms with van der Waals surface area (Å²) in [5.41, 5.74) is -0.324. The van der Waals surface area contributed by atoms with Crippen molar-refractivity contribution in [3.63, 3.8) is 0 Å². The molecule has 2 aliphatic carbocycles. The number of imidazole rings is 1. The second-order valence-corrected chi connectivity index (χ2v) is 8.75. The predicted molar refractivity (Wildman–Crippen MR) is 85.0 cm³/mol. The molecule has 2 saturated carbocycles. The van der Waals surface area contributed by atoms with Crippen molar-refractivity contribution in [3.8, 4) is 0 Å². The summed E-state index contributed by atoms with van der Waals surface area (Å²) >= 11 is -0.764. The molecule has 21 heavy (non-hydrogen) atoms. The van der Waals surface area contributed by atoms with Gasteiger partial charge < -0.3 is 10.2 Å². The smallest absolute Gasteiger partial charge is 0.162 e. The van der Waals surface area contributed by atoms with Gasteiger partial charge in [-0.15, -0.1) is 11.1 Å². The third-order valence-corrected chi connectivity index (χ3v) is 7.36. The topological polar surface area (TPSA) is 70.6 Å². The van der Waals surface area contributed by atoms with Crippen molar-refractivity contribution in [1.29, 1.82) is 0 Å². The predicted octanol–water partition coefficient (Wildman–Crippen LogP) is 2.36. The first-order valence-electron chi connectivity index (χ1n) is 7.99. The highest BCUT2D eigenvalue weighted by atomic mass is 32.2. The minimum Gasteiger partial charge on any atom is -0.393 e. The van der Waals surface area contributed by atoms with Crippen molar-refractivity contribution in [2.45, 2.75) is 56.5 Å². The van der Waals surface area contributed by atoms with Crippen LogP contribution in [0, 0.1) is 11.8 Å². The zero-order valence-corrected chi connectivity index (χ0v) is 13.0. The van der Waals surface area contributed by atoms with Crippen LogP contribution in [-0.2, 0) is 0 Å². The quantitative estimate of drug-likeness (QED) is 0.748. The molecule has 2 N–H and O–H groups in total. The first kappa shape index (κ1) is 13.8.